The Morgan fingerprint density at radius 2 is 1.83 bits per heavy atom. The average molecular weight is 338 g/mol. The number of rotatable bonds is 5. The van der Waals surface area contributed by atoms with Crippen LogP contribution in [0.4, 0.5) is 5.69 Å². The summed E-state index contributed by atoms with van der Waals surface area (Å²) in [6.45, 7) is 0. The first-order valence-electron chi connectivity index (χ1n) is 6.34. The molecule has 0 saturated heterocycles. The molecule has 23 heavy (non-hydrogen) atoms. The van der Waals surface area contributed by atoms with E-state index in [0.29, 0.717) is 16.5 Å². The third-order valence-corrected chi connectivity index (χ3v) is 3.23. The monoisotopic (exact) mass is 337 g/mol. The van der Waals surface area contributed by atoms with Crippen molar-refractivity contribution in [1.82, 2.24) is 0 Å². The molecule has 7 nitrogen and oxygen atoms in total. The lowest BCUT2D eigenvalue weighted by Gasteiger charge is -2.10. The van der Waals surface area contributed by atoms with Crippen molar-refractivity contribution in [2.75, 3.05) is 14.2 Å². The van der Waals surface area contributed by atoms with Gasteiger partial charge in [-0.1, -0.05) is 11.6 Å². The van der Waals surface area contributed by atoms with E-state index in [2.05, 4.69) is 4.74 Å². The van der Waals surface area contributed by atoms with Crippen LogP contribution in [0.3, 0.4) is 0 Å². The lowest BCUT2D eigenvalue weighted by molar-refractivity contribution is -0.385. The van der Waals surface area contributed by atoms with Crippen molar-refractivity contribution < 1.29 is 23.9 Å². The Morgan fingerprint density at radius 3 is 2.39 bits per heavy atom. The van der Waals surface area contributed by atoms with Crippen LogP contribution in [-0.2, 0) is 4.74 Å². The summed E-state index contributed by atoms with van der Waals surface area (Å²) in [5.41, 5.74) is -0.579. The van der Waals surface area contributed by atoms with Gasteiger partial charge in [0.1, 0.15) is 22.8 Å². The first kappa shape index (κ1) is 16.6. The Morgan fingerprint density at radius 1 is 1.13 bits per heavy atom. The molecule has 0 unspecified atom stereocenters. The van der Waals surface area contributed by atoms with Crippen LogP contribution in [-0.4, -0.2) is 25.1 Å². The number of ether oxygens (including phenoxy) is 3. The minimum Gasteiger partial charge on any atom is -0.497 e. The molecule has 0 atom stereocenters. The summed E-state index contributed by atoms with van der Waals surface area (Å²) < 4.78 is 15.1. The zero-order valence-electron chi connectivity index (χ0n) is 12.2. The van der Waals surface area contributed by atoms with Gasteiger partial charge in [0.25, 0.3) is 5.69 Å². The fourth-order valence-corrected chi connectivity index (χ4v) is 2.04. The number of carbonyl (C=O) groups is 1. The molecule has 0 heterocycles. The Balaban J connectivity index is 2.37. The Bertz CT molecular complexity index is 762. The minimum absolute atomic E-state index is 0.209. The molecule has 2 rings (SSSR count). The molecule has 120 valence electrons. The second-order valence-corrected chi connectivity index (χ2v) is 4.73. The van der Waals surface area contributed by atoms with E-state index in [9.17, 15) is 14.9 Å². The third-order valence-electron chi connectivity index (χ3n) is 2.94. The highest BCUT2D eigenvalue weighted by Gasteiger charge is 2.22. The average Bonchev–Trinajstić information content (AvgIpc) is 2.55. The van der Waals surface area contributed by atoms with E-state index in [1.54, 1.807) is 18.2 Å². The van der Waals surface area contributed by atoms with E-state index >= 15 is 0 Å². The van der Waals surface area contributed by atoms with Crippen LogP contribution >= 0.6 is 11.6 Å². The molecule has 0 bridgehead atoms. The molecule has 0 spiro atoms. The number of benzene rings is 2. The summed E-state index contributed by atoms with van der Waals surface area (Å²) >= 11 is 6.06. The minimum atomic E-state index is -0.831. The van der Waals surface area contributed by atoms with E-state index < -0.39 is 10.9 Å². The lowest BCUT2D eigenvalue weighted by Crippen LogP contribution is -2.05. The highest BCUT2D eigenvalue weighted by Crippen LogP contribution is 2.34. The summed E-state index contributed by atoms with van der Waals surface area (Å²) in [4.78, 5) is 22.0. The molecule has 2 aromatic carbocycles. The number of methoxy groups -OCH3 is 2. The van der Waals surface area contributed by atoms with Crippen LogP contribution < -0.4 is 9.47 Å². The first-order valence-corrected chi connectivity index (χ1v) is 6.72. The number of nitrogens with zero attached hydrogens (tertiary/aromatic N) is 1. The summed E-state index contributed by atoms with van der Waals surface area (Å²) in [6, 6.07) is 8.55. The quantitative estimate of drug-likeness (QED) is 0.468. The van der Waals surface area contributed by atoms with Crippen LogP contribution in [0.15, 0.2) is 36.4 Å². The second-order valence-electron chi connectivity index (χ2n) is 4.33. The zero-order valence-corrected chi connectivity index (χ0v) is 13.0. The molecule has 0 amide bonds. The zero-order chi connectivity index (χ0) is 17.0. The predicted molar refractivity (Wildman–Crippen MR) is 82.5 cm³/mol. The van der Waals surface area contributed by atoms with E-state index in [1.807, 2.05) is 0 Å². The number of halogens is 1. The molecule has 0 aliphatic heterocycles. The summed E-state index contributed by atoms with van der Waals surface area (Å²) in [6.07, 6.45) is 0. The molecule has 0 aliphatic carbocycles. The molecule has 0 saturated carbocycles. The number of nitro benzene ring substituents is 1. The molecular formula is C15H12ClNO6. The number of esters is 1. The van der Waals surface area contributed by atoms with Crippen LogP contribution in [0.2, 0.25) is 5.02 Å². The maximum absolute atomic E-state index is 11.7. The maximum Gasteiger partial charge on any atom is 0.345 e. The Labute approximate surface area is 136 Å². The maximum atomic E-state index is 11.7. The van der Waals surface area contributed by atoms with E-state index in [4.69, 9.17) is 21.1 Å². The molecule has 0 aromatic heterocycles. The van der Waals surface area contributed by atoms with Gasteiger partial charge in [0.15, 0.2) is 0 Å². The van der Waals surface area contributed by atoms with Gasteiger partial charge in [-0.25, -0.2) is 4.79 Å². The van der Waals surface area contributed by atoms with Crippen LogP contribution in [0.25, 0.3) is 0 Å². The van der Waals surface area contributed by atoms with Gasteiger partial charge < -0.3 is 14.2 Å². The topological polar surface area (TPSA) is 87.9 Å². The molecule has 2 aromatic rings. The summed E-state index contributed by atoms with van der Waals surface area (Å²) in [5.74, 6) is 0.254. The molecule has 0 fully saturated rings. The van der Waals surface area contributed by atoms with Gasteiger partial charge in [0.2, 0.25) is 0 Å². The van der Waals surface area contributed by atoms with Crippen LogP contribution in [0.1, 0.15) is 10.4 Å². The SMILES string of the molecule is COC(=O)c1cc(Oc2ccc(OC)cc2Cl)ccc1[N+](=O)[O-]. The van der Waals surface area contributed by atoms with Gasteiger partial charge in [-0.3, -0.25) is 10.1 Å². The molecular weight excluding hydrogens is 326 g/mol. The number of nitro groups is 1. The number of hydrogen-bond acceptors (Lipinski definition) is 6. The number of carbonyl (C=O) groups excluding carboxylic acids is 1. The van der Waals surface area contributed by atoms with Gasteiger partial charge in [-0.05, 0) is 18.2 Å². The highest BCUT2D eigenvalue weighted by molar-refractivity contribution is 6.32. The van der Waals surface area contributed by atoms with Gasteiger partial charge in [0.05, 0.1) is 24.2 Å². The molecule has 0 aliphatic rings. The standard InChI is InChI=1S/C15H12ClNO6/c1-21-9-4-6-14(12(16)8-9)23-10-3-5-13(17(19)20)11(7-10)15(18)22-2/h3-8H,1-2H3. The highest BCUT2D eigenvalue weighted by atomic mass is 35.5. The molecule has 0 N–H and O–H groups in total. The summed E-state index contributed by atoms with van der Waals surface area (Å²) in [7, 11) is 2.64. The fraction of sp³-hybridized carbons (Fsp3) is 0.133. The number of hydrogen-bond donors (Lipinski definition) is 0. The second kappa shape index (κ2) is 6.97. The van der Waals surface area contributed by atoms with Crippen molar-refractivity contribution >= 4 is 23.3 Å². The van der Waals surface area contributed by atoms with E-state index in [-0.39, 0.29) is 17.0 Å². The van der Waals surface area contributed by atoms with Gasteiger partial charge >= 0.3 is 5.97 Å². The van der Waals surface area contributed by atoms with Crippen molar-refractivity contribution in [3.8, 4) is 17.2 Å². The van der Waals surface area contributed by atoms with Gasteiger partial charge in [-0.15, -0.1) is 0 Å². The van der Waals surface area contributed by atoms with Crippen molar-refractivity contribution in [1.29, 1.82) is 0 Å². The predicted octanol–water partition coefficient (Wildman–Crippen LogP) is 3.84. The fourth-order valence-electron chi connectivity index (χ4n) is 1.83. The van der Waals surface area contributed by atoms with Gasteiger partial charge in [0, 0.05) is 18.2 Å². The largest absolute Gasteiger partial charge is 0.497 e. The molecule has 0 radical (unpaired) electrons. The normalized spacial score (nSPS) is 10.0. The van der Waals surface area contributed by atoms with Crippen LogP contribution in [0.5, 0.6) is 17.2 Å². The lowest BCUT2D eigenvalue weighted by atomic mass is 10.1. The Hall–Kier alpha value is -2.80. The van der Waals surface area contributed by atoms with E-state index in [1.165, 1.54) is 25.3 Å². The van der Waals surface area contributed by atoms with Crippen molar-refractivity contribution in [2.24, 2.45) is 0 Å². The van der Waals surface area contributed by atoms with Gasteiger partial charge in [-0.2, -0.15) is 0 Å². The Kier molecular flexibility index (Phi) is 5.02. The van der Waals surface area contributed by atoms with Crippen molar-refractivity contribution in [3.63, 3.8) is 0 Å². The summed E-state index contributed by atoms with van der Waals surface area (Å²) in [5, 5.41) is 11.3. The smallest absolute Gasteiger partial charge is 0.345 e. The first-order chi connectivity index (χ1) is 11.0. The van der Waals surface area contributed by atoms with E-state index in [0.717, 1.165) is 7.11 Å². The van der Waals surface area contributed by atoms with Crippen molar-refractivity contribution in [2.45, 2.75) is 0 Å². The third kappa shape index (κ3) is 3.70. The van der Waals surface area contributed by atoms with Crippen molar-refractivity contribution in [3.05, 3.63) is 57.1 Å². The van der Waals surface area contributed by atoms with Crippen LogP contribution in [0, 0.1) is 10.1 Å². The molecule has 8 heteroatoms.